The SMILES string of the molecule is CC(O)(CN)CN1CCCc2ccccc21. The van der Waals surface area contributed by atoms with Crippen molar-refractivity contribution in [1.82, 2.24) is 0 Å². The van der Waals surface area contributed by atoms with Gasteiger partial charge in [-0.2, -0.15) is 0 Å². The fourth-order valence-electron chi connectivity index (χ4n) is 2.25. The van der Waals surface area contributed by atoms with E-state index in [4.69, 9.17) is 5.73 Å². The highest BCUT2D eigenvalue weighted by Crippen LogP contribution is 2.27. The van der Waals surface area contributed by atoms with Crippen molar-refractivity contribution < 1.29 is 5.11 Å². The van der Waals surface area contributed by atoms with Crippen LogP contribution in [0.15, 0.2) is 24.3 Å². The van der Waals surface area contributed by atoms with E-state index in [0.29, 0.717) is 13.1 Å². The summed E-state index contributed by atoms with van der Waals surface area (Å²) in [4.78, 5) is 2.24. The number of nitrogens with two attached hydrogens (primary N) is 1. The molecule has 2 rings (SSSR count). The van der Waals surface area contributed by atoms with Crippen molar-refractivity contribution >= 4 is 5.69 Å². The van der Waals surface area contributed by atoms with E-state index in [2.05, 4.69) is 23.1 Å². The predicted octanol–water partition coefficient (Wildman–Crippen LogP) is 1.15. The zero-order chi connectivity index (χ0) is 11.6. The summed E-state index contributed by atoms with van der Waals surface area (Å²) in [5.74, 6) is 0. The van der Waals surface area contributed by atoms with Gasteiger partial charge >= 0.3 is 0 Å². The lowest BCUT2D eigenvalue weighted by Gasteiger charge is -2.36. The molecule has 0 fully saturated rings. The molecule has 3 heteroatoms. The largest absolute Gasteiger partial charge is 0.387 e. The third-order valence-corrected chi connectivity index (χ3v) is 3.18. The molecule has 0 amide bonds. The van der Waals surface area contributed by atoms with Crippen LogP contribution < -0.4 is 10.6 Å². The molecule has 1 unspecified atom stereocenters. The molecule has 16 heavy (non-hydrogen) atoms. The van der Waals surface area contributed by atoms with E-state index < -0.39 is 5.60 Å². The fraction of sp³-hybridized carbons (Fsp3) is 0.538. The average molecular weight is 220 g/mol. The fourth-order valence-corrected chi connectivity index (χ4v) is 2.25. The summed E-state index contributed by atoms with van der Waals surface area (Å²) in [6, 6.07) is 8.41. The maximum atomic E-state index is 10.0. The predicted molar refractivity (Wildman–Crippen MR) is 66.7 cm³/mol. The maximum absolute atomic E-state index is 10.0. The molecule has 1 aliphatic rings. The van der Waals surface area contributed by atoms with Gasteiger partial charge in [0, 0.05) is 25.3 Å². The summed E-state index contributed by atoms with van der Waals surface area (Å²) in [5, 5.41) is 10.0. The van der Waals surface area contributed by atoms with Crippen LogP contribution in [0.2, 0.25) is 0 Å². The van der Waals surface area contributed by atoms with Gasteiger partial charge in [0.2, 0.25) is 0 Å². The number of aliphatic hydroxyl groups is 1. The van der Waals surface area contributed by atoms with Gasteiger partial charge in [0.1, 0.15) is 0 Å². The number of rotatable bonds is 3. The van der Waals surface area contributed by atoms with Crippen LogP contribution in [0.1, 0.15) is 18.9 Å². The summed E-state index contributed by atoms with van der Waals surface area (Å²) in [6.45, 7) is 3.71. The first-order valence-corrected chi connectivity index (χ1v) is 5.88. The lowest BCUT2D eigenvalue weighted by Crippen LogP contribution is -2.47. The molecule has 1 aliphatic heterocycles. The Kier molecular flexibility index (Phi) is 3.17. The van der Waals surface area contributed by atoms with Crippen molar-refractivity contribution in [3.8, 4) is 0 Å². The molecule has 0 aliphatic carbocycles. The van der Waals surface area contributed by atoms with Gasteiger partial charge in [-0.05, 0) is 31.4 Å². The van der Waals surface area contributed by atoms with Gasteiger partial charge in [0.15, 0.2) is 0 Å². The van der Waals surface area contributed by atoms with Gasteiger partial charge in [0.25, 0.3) is 0 Å². The first kappa shape index (κ1) is 11.4. The lowest BCUT2D eigenvalue weighted by molar-refractivity contribution is 0.0757. The Labute approximate surface area is 96.9 Å². The van der Waals surface area contributed by atoms with Gasteiger partial charge < -0.3 is 15.7 Å². The van der Waals surface area contributed by atoms with Crippen molar-refractivity contribution in [2.24, 2.45) is 5.73 Å². The van der Waals surface area contributed by atoms with Crippen LogP contribution in [-0.4, -0.2) is 30.3 Å². The van der Waals surface area contributed by atoms with Crippen LogP contribution >= 0.6 is 0 Å². The first-order valence-electron chi connectivity index (χ1n) is 5.88. The van der Waals surface area contributed by atoms with Gasteiger partial charge in [0.05, 0.1) is 5.60 Å². The molecule has 0 saturated heterocycles. The smallest absolute Gasteiger partial charge is 0.0915 e. The third-order valence-electron chi connectivity index (χ3n) is 3.18. The molecule has 0 saturated carbocycles. The highest BCUT2D eigenvalue weighted by atomic mass is 16.3. The van der Waals surface area contributed by atoms with Crippen LogP contribution in [0.5, 0.6) is 0 Å². The number of fused-ring (bicyclic) bond motifs is 1. The number of hydrogen-bond donors (Lipinski definition) is 2. The molecule has 0 radical (unpaired) electrons. The molecule has 88 valence electrons. The quantitative estimate of drug-likeness (QED) is 0.803. The molecular weight excluding hydrogens is 200 g/mol. The Bertz CT molecular complexity index is 363. The van der Waals surface area contributed by atoms with E-state index >= 15 is 0 Å². The van der Waals surface area contributed by atoms with Crippen LogP contribution in [0.3, 0.4) is 0 Å². The second-order valence-corrected chi connectivity index (χ2v) is 4.85. The van der Waals surface area contributed by atoms with Crippen molar-refractivity contribution in [3.63, 3.8) is 0 Å². The van der Waals surface area contributed by atoms with E-state index in [-0.39, 0.29) is 0 Å². The van der Waals surface area contributed by atoms with E-state index in [1.54, 1.807) is 6.92 Å². The highest BCUT2D eigenvalue weighted by molar-refractivity contribution is 5.55. The Morgan fingerprint density at radius 3 is 2.94 bits per heavy atom. The average Bonchev–Trinajstić information content (AvgIpc) is 2.29. The molecule has 3 nitrogen and oxygen atoms in total. The van der Waals surface area contributed by atoms with Crippen LogP contribution in [0.25, 0.3) is 0 Å². The molecule has 1 aromatic carbocycles. The molecule has 0 bridgehead atoms. The Morgan fingerprint density at radius 2 is 2.19 bits per heavy atom. The van der Waals surface area contributed by atoms with Crippen molar-refractivity contribution in [2.45, 2.75) is 25.4 Å². The summed E-state index contributed by atoms with van der Waals surface area (Å²) >= 11 is 0. The van der Waals surface area contributed by atoms with Crippen LogP contribution in [0.4, 0.5) is 5.69 Å². The van der Waals surface area contributed by atoms with Crippen molar-refractivity contribution in [1.29, 1.82) is 0 Å². The minimum atomic E-state index is -0.801. The first-order chi connectivity index (χ1) is 7.62. The number of β-amino-alcohol motifs (C(OH)–C–C–N with tert-alkyl or cyclic N) is 1. The Morgan fingerprint density at radius 1 is 1.44 bits per heavy atom. The Balaban J connectivity index is 2.19. The van der Waals surface area contributed by atoms with Crippen LogP contribution in [-0.2, 0) is 6.42 Å². The normalized spacial score (nSPS) is 19.1. The molecule has 0 aromatic heterocycles. The Hall–Kier alpha value is -1.06. The number of anilines is 1. The summed E-state index contributed by atoms with van der Waals surface area (Å²) in [5.41, 5.74) is 7.39. The van der Waals surface area contributed by atoms with Gasteiger partial charge in [-0.1, -0.05) is 18.2 Å². The van der Waals surface area contributed by atoms with Gasteiger partial charge in [-0.15, -0.1) is 0 Å². The van der Waals surface area contributed by atoms with E-state index in [1.807, 2.05) is 6.07 Å². The summed E-state index contributed by atoms with van der Waals surface area (Å²) in [7, 11) is 0. The second kappa shape index (κ2) is 4.44. The zero-order valence-corrected chi connectivity index (χ0v) is 9.82. The highest BCUT2D eigenvalue weighted by Gasteiger charge is 2.25. The zero-order valence-electron chi connectivity index (χ0n) is 9.82. The van der Waals surface area contributed by atoms with Crippen molar-refractivity contribution in [3.05, 3.63) is 29.8 Å². The molecule has 0 spiro atoms. The lowest BCUT2D eigenvalue weighted by atomic mass is 9.99. The molecule has 1 aromatic rings. The molecule has 1 heterocycles. The maximum Gasteiger partial charge on any atom is 0.0915 e. The minimum Gasteiger partial charge on any atom is -0.387 e. The number of para-hydroxylation sites is 1. The number of hydrogen-bond acceptors (Lipinski definition) is 3. The number of aryl methyl sites for hydroxylation is 1. The van der Waals surface area contributed by atoms with Gasteiger partial charge in [-0.3, -0.25) is 0 Å². The topological polar surface area (TPSA) is 49.5 Å². The number of nitrogens with zero attached hydrogens (tertiary/aromatic N) is 1. The van der Waals surface area contributed by atoms with E-state index in [0.717, 1.165) is 19.4 Å². The van der Waals surface area contributed by atoms with Crippen molar-refractivity contribution in [2.75, 3.05) is 24.5 Å². The molecular formula is C13H20N2O. The summed E-state index contributed by atoms with van der Waals surface area (Å²) in [6.07, 6.45) is 2.29. The standard InChI is InChI=1S/C13H20N2O/c1-13(16,9-14)10-15-8-4-6-11-5-2-3-7-12(11)15/h2-3,5,7,16H,4,6,8-10,14H2,1H3. The minimum absolute atomic E-state index is 0.297. The van der Waals surface area contributed by atoms with Gasteiger partial charge in [-0.25, -0.2) is 0 Å². The second-order valence-electron chi connectivity index (χ2n) is 4.85. The van der Waals surface area contributed by atoms with E-state index in [9.17, 15) is 5.11 Å². The van der Waals surface area contributed by atoms with Crippen LogP contribution in [0, 0.1) is 0 Å². The summed E-state index contributed by atoms with van der Waals surface area (Å²) < 4.78 is 0. The number of benzene rings is 1. The monoisotopic (exact) mass is 220 g/mol. The molecule has 3 N–H and O–H groups in total. The molecule has 1 atom stereocenters. The third kappa shape index (κ3) is 2.36. The van der Waals surface area contributed by atoms with E-state index in [1.165, 1.54) is 11.3 Å².